The third-order valence-electron chi connectivity index (χ3n) is 3.68. The fourth-order valence-corrected chi connectivity index (χ4v) is 2.60. The van der Waals surface area contributed by atoms with E-state index in [-0.39, 0.29) is 30.4 Å². The van der Waals surface area contributed by atoms with Crippen molar-refractivity contribution in [3.05, 3.63) is 29.3 Å². The lowest BCUT2D eigenvalue weighted by Gasteiger charge is -2.28. The van der Waals surface area contributed by atoms with Crippen LogP contribution in [0, 0.1) is 0 Å². The van der Waals surface area contributed by atoms with Gasteiger partial charge in [0.05, 0.1) is 11.7 Å². The number of carbonyl (C=O) groups excluding carboxylic acids is 2. The van der Waals surface area contributed by atoms with E-state index in [4.69, 9.17) is 9.47 Å². The van der Waals surface area contributed by atoms with Crippen molar-refractivity contribution >= 4 is 12.0 Å². The molecule has 6 nitrogen and oxygen atoms in total. The van der Waals surface area contributed by atoms with Crippen molar-refractivity contribution in [3.63, 3.8) is 0 Å². The molecule has 1 aromatic carbocycles. The summed E-state index contributed by atoms with van der Waals surface area (Å²) in [6, 6.07) is 3.64. The number of ether oxygens (including phenoxy) is 2. The molecule has 0 aliphatic carbocycles. The molecular weight excluding hydrogens is 401 g/mol. The Bertz CT molecular complexity index is 754. The van der Waals surface area contributed by atoms with Gasteiger partial charge in [-0.05, 0) is 66.2 Å². The monoisotopic (exact) mass is 432 g/mol. The maximum Gasteiger partial charge on any atom is 0.416 e. The number of alkyl halides is 3. The largest absolute Gasteiger partial charge is 0.491 e. The maximum atomic E-state index is 13.4. The molecule has 0 fully saturated rings. The van der Waals surface area contributed by atoms with Gasteiger partial charge in [0.2, 0.25) is 5.91 Å². The highest BCUT2D eigenvalue weighted by molar-refractivity contribution is 5.78. The molecule has 30 heavy (non-hydrogen) atoms. The summed E-state index contributed by atoms with van der Waals surface area (Å²) < 4.78 is 50.7. The summed E-state index contributed by atoms with van der Waals surface area (Å²) in [6.45, 7) is 11.5. The zero-order chi connectivity index (χ0) is 23.3. The molecule has 0 spiro atoms. The van der Waals surface area contributed by atoms with Gasteiger partial charge in [-0.1, -0.05) is 6.07 Å². The van der Waals surface area contributed by atoms with Gasteiger partial charge in [-0.25, -0.2) is 4.79 Å². The number of rotatable bonds is 7. The first-order chi connectivity index (χ1) is 13.5. The topological polar surface area (TPSA) is 76.7 Å². The number of halogens is 3. The highest BCUT2D eigenvalue weighted by Gasteiger charge is 2.34. The molecule has 1 aromatic rings. The number of hydrogen-bond acceptors (Lipinski definition) is 4. The third kappa shape index (κ3) is 9.37. The molecule has 0 bridgehead atoms. The van der Waals surface area contributed by atoms with E-state index < -0.39 is 34.9 Å². The van der Waals surface area contributed by atoms with Crippen molar-refractivity contribution in [2.75, 3.05) is 0 Å². The van der Waals surface area contributed by atoms with Crippen LogP contribution < -0.4 is 15.4 Å². The maximum absolute atomic E-state index is 13.4. The zero-order valence-electron chi connectivity index (χ0n) is 18.5. The first-order valence-electron chi connectivity index (χ1n) is 9.63. The van der Waals surface area contributed by atoms with Crippen molar-refractivity contribution in [3.8, 4) is 5.75 Å². The van der Waals surface area contributed by atoms with Gasteiger partial charge in [0.1, 0.15) is 11.4 Å². The van der Waals surface area contributed by atoms with Crippen molar-refractivity contribution in [1.29, 1.82) is 0 Å². The van der Waals surface area contributed by atoms with E-state index in [0.717, 1.165) is 6.07 Å². The molecule has 0 saturated heterocycles. The van der Waals surface area contributed by atoms with E-state index in [9.17, 15) is 22.8 Å². The zero-order valence-corrected chi connectivity index (χ0v) is 18.5. The van der Waals surface area contributed by atoms with Crippen LogP contribution in [-0.2, 0) is 22.3 Å². The Balaban J connectivity index is 2.79. The SMILES string of the molecule is CC(C)Oc1ccc(CNC(=O)CC(C)(C)NC(=O)OC(C)(C)C)c(C(F)(F)F)c1. The standard InChI is InChI=1S/C21H31F3N2O4/c1-13(2)29-15-9-8-14(16(10-15)21(22,23)24)12-25-17(27)11-20(6,7)26-18(28)30-19(3,4)5/h8-10,13H,11-12H2,1-7H3,(H,25,27)(H,26,28). The lowest BCUT2D eigenvalue weighted by atomic mass is 10.00. The molecule has 0 aliphatic rings. The molecule has 0 aliphatic heterocycles. The average molecular weight is 432 g/mol. The fourth-order valence-electron chi connectivity index (χ4n) is 2.60. The van der Waals surface area contributed by atoms with Crippen LogP contribution in [0.3, 0.4) is 0 Å². The summed E-state index contributed by atoms with van der Waals surface area (Å²) in [5, 5.41) is 5.06. The Kier molecular flexibility index (Phi) is 8.16. The van der Waals surface area contributed by atoms with Crippen LogP contribution in [0.1, 0.15) is 66.0 Å². The summed E-state index contributed by atoms with van der Waals surface area (Å²) in [4.78, 5) is 24.2. The Hall–Kier alpha value is -2.45. The van der Waals surface area contributed by atoms with Crippen LogP contribution in [-0.4, -0.2) is 29.2 Å². The van der Waals surface area contributed by atoms with Gasteiger partial charge in [-0.3, -0.25) is 4.79 Å². The van der Waals surface area contributed by atoms with Gasteiger partial charge in [0.15, 0.2) is 0 Å². The summed E-state index contributed by atoms with van der Waals surface area (Å²) in [5.41, 5.74) is -2.59. The number of alkyl carbamates (subject to hydrolysis) is 1. The lowest BCUT2D eigenvalue weighted by molar-refractivity contribution is -0.138. The van der Waals surface area contributed by atoms with Crippen LogP contribution in [0.25, 0.3) is 0 Å². The smallest absolute Gasteiger partial charge is 0.416 e. The number of benzene rings is 1. The summed E-state index contributed by atoms with van der Waals surface area (Å²) in [7, 11) is 0. The summed E-state index contributed by atoms with van der Waals surface area (Å²) >= 11 is 0. The lowest BCUT2D eigenvalue weighted by Crippen LogP contribution is -2.48. The van der Waals surface area contributed by atoms with Crippen LogP contribution in [0.15, 0.2) is 18.2 Å². The Labute approximate surface area is 175 Å². The van der Waals surface area contributed by atoms with Crippen molar-refractivity contribution < 1.29 is 32.2 Å². The molecular formula is C21H31F3N2O4. The Morgan fingerprint density at radius 1 is 1.07 bits per heavy atom. The van der Waals surface area contributed by atoms with Gasteiger partial charge in [0.25, 0.3) is 0 Å². The quantitative estimate of drug-likeness (QED) is 0.649. The second kappa shape index (κ2) is 9.57. The van der Waals surface area contributed by atoms with E-state index in [2.05, 4.69) is 10.6 Å². The molecule has 0 saturated carbocycles. The highest BCUT2D eigenvalue weighted by Crippen LogP contribution is 2.34. The van der Waals surface area contributed by atoms with Gasteiger partial charge < -0.3 is 20.1 Å². The molecule has 2 amide bonds. The first-order valence-corrected chi connectivity index (χ1v) is 9.63. The Morgan fingerprint density at radius 3 is 2.17 bits per heavy atom. The number of nitrogens with one attached hydrogen (secondary N) is 2. The first kappa shape index (κ1) is 25.6. The van der Waals surface area contributed by atoms with Gasteiger partial charge >= 0.3 is 12.3 Å². The van der Waals surface area contributed by atoms with Crippen LogP contribution in [0.5, 0.6) is 5.75 Å². The van der Waals surface area contributed by atoms with Crippen molar-refractivity contribution in [2.24, 2.45) is 0 Å². The molecule has 0 aromatic heterocycles. The highest BCUT2D eigenvalue weighted by atomic mass is 19.4. The van der Waals surface area contributed by atoms with Crippen LogP contribution in [0.4, 0.5) is 18.0 Å². The molecule has 0 unspecified atom stereocenters. The average Bonchev–Trinajstić information content (AvgIpc) is 2.48. The summed E-state index contributed by atoms with van der Waals surface area (Å²) in [5.74, 6) is -0.401. The molecule has 2 N–H and O–H groups in total. The molecule has 9 heteroatoms. The van der Waals surface area contributed by atoms with Crippen LogP contribution in [0.2, 0.25) is 0 Å². The Morgan fingerprint density at radius 2 is 1.67 bits per heavy atom. The molecule has 0 radical (unpaired) electrons. The minimum atomic E-state index is -4.59. The normalized spacial score (nSPS) is 12.5. The van der Waals surface area contributed by atoms with E-state index in [1.807, 2.05) is 0 Å². The number of amides is 2. The van der Waals surface area contributed by atoms with E-state index in [1.165, 1.54) is 12.1 Å². The van der Waals surface area contributed by atoms with E-state index in [0.29, 0.717) is 0 Å². The fraction of sp³-hybridized carbons (Fsp3) is 0.619. The van der Waals surface area contributed by atoms with E-state index in [1.54, 1.807) is 48.5 Å². The third-order valence-corrected chi connectivity index (χ3v) is 3.68. The van der Waals surface area contributed by atoms with Gasteiger partial charge in [0, 0.05) is 18.5 Å². The minimum Gasteiger partial charge on any atom is -0.491 e. The molecule has 0 atom stereocenters. The second-order valence-corrected chi connectivity index (χ2v) is 8.95. The predicted molar refractivity (Wildman–Crippen MR) is 107 cm³/mol. The molecule has 1 rings (SSSR count). The van der Waals surface area contributed by atoms with Gasteiger partial charge in [-0.2, -0.15) is 13.2 Å². The predicted octanol–water partition coefficient (Wildman–Crippen LogP) is 4.80. The second-order valence-electron chi connectivity index (χ2n) is 8.95. The van der Waals surface area contributed by atoms with E-state index >= 15 is 0 Å². The van der Waals surface area contributed by atoms with Crippen molar-refractivity contribution in [2.45, 2.75) is 84.9 Å². The summed E-state index contributed by atoms with van der Waals surface area (Å²) in [6.07, 6.45) is -5.67. The number of hydrogen-bond donors (Lipinski definition) is 2. The van der Waals surface area contributed by atoms with Gasteiger partial charge in [-0.15, -0.1) is 0 Å². The number of carbonyl (C=O) groups is 2. The van der Waals surface area contributed by atoms with Crippen molar-refractivity contribution in [1.82, 2.24) is 10.6 Å². The molecule has 0 heterocycles. The molecule has 170 valence electrons. The van der Waals surface area contributed by atoms with Crippen LogP contribution >= 0.6 is 0 Å². The minimum absolute atomic E-state index is 0.0788.